The first-order valence-corrected chi connectivity index (χ1v) is 5.66. The van der Waals surface area contributed by atoms with Crippen LogP contribution < -0.4 is 10.5 Å². The molecule has 2 atom stereocenters. The largest absolute Gasteiger partial charge is 0.491 e. The van der Waals surface area contributed by atoms with Crippen molar-refractivity contribution in [2.75, 3.05) is 7.11 Å². The molecule has 0 heterocycles. The van der Waals surface area contributed by atoms with Crippen molar-refractivity contribution in [3.63, 3.8) is 0 Å². The molecule has 0 radical (unpaired) electrons. The molecule has 0 bridgehead atoms. The van der Waals surface area contributed by atoms with Crippen LogP contribution in [-0.4, -0.2) is 25.2 Å². The number of carbonyl (C=O) groups excluding carboxylic acids is 1. The van der Waals surface area contributed by atoms with E-state index in [2.05, 4.69) is 4.74 Å². The van der Waals surface area contributed by atoms with Gasteiger partial charge in [-0.05, 0) is 25.5 Å². The lowest BCUT2D eigenvalue weighted by molar-refractivity contribution is -0.141. The van der Waals surface area contributed by atoms with Crippen molar-refractivity contribution in [1.29, 1.82) is 0 Å². The highest BCUT2D eigenvalue weighted by atomic mass is 16.5. The van der Waals surface area contributed by atoms with Gasteiger partial charge in [-0.3, -0.25) is 4.79 Å². The molecule has 1 rings (SSSR count). The number of esters is 1. The molecule has 0 aliphatic carbocycles. The number of methoxy groups -OCH3 is 1. The molecule has 17 heavy (non-hydrogen) atoms. The minimum Gasteiger partial charge on any atom is -0.491 e. The second-order valence-electron chi connectivity index (χ2n) is 4.02. The smallest absolute Gasteiger partial charge is 0.307 e. The maximum atomic E-state index is 11.0. The van der Waals surface area contributed by atoms with E-state index in [-0.39, 0.29) is 24.5 Å². The third kappa shape index (κ3) is 5.36. The van der Waals surface area contributed by atoms with Gasteiger partial charge in [0, 0.05) is 6.04 Å². The molecular formula is C13H19NO3. The lowest BCUT2D eigenvalue weighted by Crippen LogP contribution is -2.30. The summed E-state index contributed by atoms with van der Waals surface area (Å²) in [7, 11) is 1.36. The number of hydrogen-bond acceptors (Lipinski definition) is 4. The first-order valence-electron chi connectivity index (χ1n) is 5.66. The van der Waals surface area contributed by atoms with Crippen LogP contribution in [0.4, 0.5) is 0 Å². The summed E-state index contributed by atoms with van der Waals surface area (Å²) < 4.78 is 10.2. The highest BCUT2D eigenvalue weighted by Gasteiger charge is 2.14. The van der Waals surface area contributed by atoms with Crippen LogP contribution in [0.5, 0.6) is 5.75 Å². The minimum absolute atomic E-state index is 0.0305. The molecule has 0 aliphatic heterocycles. The van der Waals surface area contributed by atoms with Crippen LogP contribution >= 0.6 is 0 Å². The third-order valence-corrected chi connectivity index (χ3v) is 2.37. The summed E-state index contributed by atoms with van der Waals surface area (Å²) in [4.78, 5) is 11.0. The summed E-state index contributed by atoms with van der Waals surface area (Å²) in [5.41, 5.74) is 5.82. The molecular weight excluding hydrogens is 218 g/mol. The fraction of sp³-hybridized carbons (Fsp3) is 0.462. The molecule has 0 aliphatic rings. The molecule has 1 aromatic rings. The van der Waals surface area contributed by atoms with Crippen LogP contribution in [0.15, 0.2) is 30.3 Å². The van der Waals surface area contributed by atoms with Crippen molar-refractivity contribution in [3.05, 3.63) is 30.3 Å². The molecule has 0 saturated carbocycles. The maximum absolute atomic E-state index is 11.0. The Morgan fingerprint density at radius 2 is 2.00 bits per heavy atom. The lowest BCUT2D eigenvalue weighted by atomic mass is 10.1. The van der Waals surface area contributed by atoms with Gasteiger partial charge in [0.1, 0.15) is 5.75 Å². The first-order chi connectivity index (χ1) is 8.11. The molecule has 1 aromatic carbocycles. The zero-order valence-corrected chi connectivity index (χ0v) is 10.3. The summed E-state index contributed by atoms with van der Waals surface area (Å²) in [6.45, 7) is 1.93. The van der Waals surface area contributed by atoms with Crippen molar-refractivity contribution in [2.45, 2.75) is 31.9 Å². The van der Waals surface area contributed by atoms with Gasteiger partial charge >= 0.3 is 5.97 Å². The van der Waals surface area contributed by atoms with Gasteiger partial charge in [0.15, 0.2) is 0 Å². The zero-order valence-electron chi connectivity index (χ0n) is 10.3. The Morgan fingerprint density at radius 1 is 1.35 bits per heavy atom. The van der Waals surface area contributed by atoms with E-state index in [4.69, 9.17) is 10.5 Å². The van der Waals surface area contributed by atoms with Gasteiger partial charge in [0.05, 0.1) is 19.6 Å². The van der Waals surface area contributed by atoms with Crippen LogP contribution in [0.1, 0.15) is 19.8 Å². The van der Waals surface area contributed by atoms with E-state index < -0.39 is 0 Å². The Kier molecular flexibility index (Phi) is 5.49. The van der Waals surface area contributed by atoms with Gasteiger partial charge in [0.25, 0.3) is 0 Å². The normalized spacial score (nSPS) is 13.8. The van der Waals surface area contributed by atoms with Gasteiger partial charge in [-0.15, -0.1) is 0 Å². The Hall–Kier alpha value is -1.55. The standard InChI is InChI=1S/C13H19NO3/c1-10(8-11(14)9-13(15)16-2)17-12-6-4-3-5-7-12/h3-7,10-11H,8-9,14H2,1-2H3. The van der Waals surface area contributed by atoms with Crippen molar-refractivity contribution >= 4 is 5.97 Å². The molecule has 0 fully saturated rings. The van der Waals surface area contributed by atoms with Crippen LogP contribution in [0.25, 0.3) is 0 Å². The summed E-state index contributed by atoms with van der Waals surface area (Å²) in [5, 5.41) is 0. The second kappa shape index (κ2) is 6.91. The number of benzene rings is 1. The van der Waals surface area contributed by atoms with Crippen LogP contribution in [-0.2, 0) is 9.53 Å². The second-order valence-corrected chi connectivity index (χ2v) is 4.02. The van der Waals surface area contributed by atoms with Crippen LogP contribution in [0.2, 0.25) is 0 Å². The Bertz CT molecular complexity index is 340. The fourth-order valence-corrected chi connectivity index (χ4v) is 1.59. The zero-order chi connectivity index (χ0) is 12.7. The molecule has 2 N–H and O–H groups in total. The van der Waals surface area contributed by atoms with Gasteiger partial charge in [-0.25, -0.2) is 0 Å². The predicted molar refractivity (Wildman–Crippen MR) is 65.8 cm³/mol. The number of ether oxygens (including phenoxy) is 2. The molecule has 0 saturated heterocycles. The van der Waals surface area contributed by atoms with E-state index in [0.717, 1.165) is 5.75 Å². The molecule has 4 nitrogen and oxygen atoms in total. The van der Waals surface area contributed by atoms with Crippen molar-refractivity contribution in [2.24, 2.45) is 5.73 Å². The Labute approximate surface area is 102 Å². The number of carbonyl (C=O) groups is 1. The monoisotopic (exact) mass is 237 g/mol. The average molecular weight is 237 g/mol. The average Bonchev–Trinajstić information content (AvgIpc) is 2.29. The van der Waals surface area contributed by atoms with Gasteiger partial charge in [0.2, 0.25) is 0 Å². The summed E-state index contributed by atoms with van der Waals surface area (Å²) in [5.74, 6) is 0.523. The van der Waals surface area contributed by atoms with Gasteiger partial charge < -0.3 is 15.2 Å². The Balaban J connectivity index is 2.34. The highest BCUT2D eigenvalue weighted by Crippen LogP contribution is 2.13. The lowest BCUT2D eigenvalue weighted by Gasteiger charge is -2.18. The topological polar surface area (TPSA) is 61.5 Å². The van der Waals surface area contributed by atoms with Crippen LogP contribution in [0.3, 0.4) is 0 Å². The summed E-state index contributed by atoms with van der Waals surface area (Å²) in [6.07, 6.45) is 0.806. The van der Waals surface area contributed by atoms with Crippen molar-refractivity contribution in [1.82, 2.24) is 0 Å². The van der Waals surface area contributed by atoms with Crippen molar-refractivity contribution in [3.8, 4) is 5.75 Å². The summed E-state index contributed by atoms with van der Waals surface area (Å²) >= 11 is 0. The van der Waals surface area contributed by atoms with Gasteiger partial charge in [-0.2, -0.15) is 0 Å². The number of rotatable bonds is 6. The molecule has 0 aromatic heterocycles. The number of nitrogens with two attached hydrogens (primary N) is 1. The number of hydrogen-bond donors (Lipinski definition) is 1. The van der Waals surface area contributed by atoms with E-state index in [0.29, 0.717) is 6.42 Å². The minimum atomic E-state index is -0.288. The molecule has 4 heteroatoms. The molecule has 2 unspecified atom stereocenters. The van der Waals surface area contributed by atoms with E-state index >= 15 is 0 Å². The number of para-hydroxylation sites is 1. The highest BCUT2D eigenvalue weighted by molar-refractivity contribution is 5.69. The SMILES string of the molecule is COC(=O)CC(N)CC(C)Oc1ccccc1. The van der Waals surface area contributed by atoms with E-state index in [1.807, 2.05) is 37.3 Å². The van der Waals surface area contributed by atoms with E-state index in [9.17, 15) is 4.79 Å². The predicted octanol–water partition coefficient (Wildman–Crippen LogP) is 1.73. The van der Waals surface area contributed by atoms with Crippen LogP contribution in [0, 0.1) is 0 Å². The Morgan fingerprint density at radius 3 is 2.59 bits per heavy atom. The molecule has 94 valence electrons. The fourth-order valence-electron chi connectivity index (χ4n) is 1.59. The quantitative estimate of drug-likeness (QED) is 0.765. The van der Waals surface area contributed by atoms with Crippen molar-refractivity contribution < 1.29 is 14.3 Å². The van der Waals surface area contributed by atoms with Gasteiger partial charge in [-0.1, -0.05) is 18.2 Å². The third-order valence-electron chi connectivity index (χ3n) is 2.37. The van der Waals surface area contributed by atoms with E-state index in [1.165, 1.54) is 7.11 Å². The molecule has 0 spiro atoms. The maximum Gasteiger partial charge on any atom is 0.307 e. The van der Waals surface area contributed by atoms with E-state index in [1.54, 1.807) is 0 Å². The molecule has 0 amide bonds. The first kappa shape index (κ1) is 13.5. The summed E-state index contributed by atoms with van der Waals surface area (Å²) in [6, 6.07) is 9.30.